The fourth-order valence-corrected chi connectivity index (χ4v) is 4.93. The second-order valence-corrected chi connectivity index (χ2v) is 8.69. The van der Waals surface area contributed by atoms with E-state index in [1.807, 2.05) is 61.5 Å². The molecule has 2 N–H and O–H groups in total. The number of hydrogen-bond donors (Lipinski definition) is 2. The molecule has 2 aliphatic heterocycles. The van der Waals surface area contributed by atoms with Gasteiger partial charge in [-0.15, -0.1) is 0 Å². The van der Waals surface area contributed by atoms with Gasteiger partial charge in [0.25, 0.3) is 5.91 Å². The molecule has 2 amide bonds. The highest BCUT2D eigenvalue weighted by Gasteiger charge is 2.36. The van der Waals surface area contributed by atoms with Gasteiger partial charge in [-0.05, 0) is 42.7 Å². The highest BCUT2D eigenvalue weighted by molar-refractivity contribution is 8.13. The average molecular weight is 447 g/mol. The Labute approximate surface area is 192 Å². The van der Waals surface area contributed by atoms with E-state index >= 15 is 0 Å². The molecule has 32 heavy (non-hydrogen) atoms. The number of allylic oxidation sites excluding steroid dienone is 1. The molecular weight excluding hydrogens is 420 g/mol. The molecule has 0 aliphatic carbocycles. The summed E-state index contributed by atoms with van der Waals surface area (Å²) in [6.45, 7) is 2.75. The number of amides is 2. The third-order valence-corrected chi connectivity index (χ3v) is 6.53. The summed E-state index contributed by atoms with van der Waals surface area (Å²) < 4.78 is 0. The van der Waals surface area contributed by atoms with E-state index in [0.29, 0.717) is 11.3 Å². The molecule has 0 radical (unpaired) electrons. The zero-order chi connectivity index (χ0) is 22.5. The molecule has 7 heteroatoms. The number of nitrogens with one attached hydrogen (secondary N) is 2. The zero-order valence-electron chi connectivity index (χ0n) is 18.2. The van der Waals surface area contributed by atoms with Crippen LogP contribution in [0.2, 0.25) is 0 Å². The lowest BCUT2D eigenvalue weighted by molar-refractivity contribution is -0.117. The Morgan fingerprint density at radius 1 is 1.12 bits per heavy atom. The van der Waals surface area contributed by atoms with E-state index in [9.17, 15) is 9.59 Å². The predicted molar refractivity (Wildman–Crippen MR) is 131 cm³/mol. The quantitative estimate of drug-likeness (QED) is 0.675. The van der Waals surface area contributed by atoms with Gasteiger partial charge in [-0.1, -0.05) is 54.2 Å². The largest absolute Gasteiger partial charge is 0.355 e. The molecule has 0 saturated carbocycles. The Balaban J connectivity index is 1.54. The van der Waals surface area contributed by atoms with Crippen LogP contribution in [0, 0.1) is 0 Å². The number of thioether (sulfide) groups is 1. The first-order valence-electron chi connectivity index (χ1n) is 10.6. The molecular formula is C25H26N4O2S. The monoisotopic (exact) mass is 446 g/mol. The van der Waals surface area contributed by atoms with Gasteiger partial charge in [0.15, 0.2) is 5.17 Å². The molecule has 164 valence electrons. The molecule has 1 unspecified atom stereocenters. The number of carbonyl (C=O) groups excluding carboxylic acids is 2. The third kappa shape index (κ3) is 4.78. The van der Waals surface area contributed by atoms with Crippen molar-refractivity contribution < 1.29 is 9.59 Å². The molecule has 0 bridgehead atoms. The topological polar surface area (TPSA) is 73.8 Å². The van der Waals surface area contributed by atoms with E-state index in [0.717, 1.165) is 40.7 Å². The van der Waals surface area contributed by atoms with Gasteiger partial charge < -0.3 is 15.5 Å². The molecule has 1 fully saturated rings. The van der Waals surface area contributed by atoms with Crippen molar-refractivity contribution in [2.45, 2.75) is 19.4 Å². The number of carbonyl (C=O) groups is 2. The van der Waals surface area contributed by atoms with E-state index in [2.05, 4.69) is 15.5 Å². The number of rotatable bonds is 5. The first-order chi connectivity index (χ1) is 15.6. The number of fused-ring (bicyclic) bond motifs is 1. The molecule has 2 aromatic carbocycles. The molecule has 0 aromatic heterocycles. The average Bonchev–Trinajstić information content (AvgIpc) is 2.82. The lowest BCUT2D eigenvalue weighted by Crippen LogP contribution is -2.43. The van der Waals surface area contributed by atoms with Gasteiger partial charge in [0.05, 0.1) is 17.3 Å². The third-order valence-electron chi connectivity index (χ3n) is 5.45. The van der Waals surface area contributed by atoms with Gasteiger partial charge in [0.2, 0.25) is 5.91 Å². The first-order valence-corrected chi connectivity index (χ1v) is 11.6. The molecule has 1 saturated heterocycles. The van der Waals surface area contributed by atoms with Crippen molar-refractivity contribution in [2.24, 2.45) is 4.99 Å². The lowest BCUT2D eigenvalue weighted by Gasteiger charge is -2.40. The summed E-state index contributed by atoms with van der Waals surface area (Å²) >= 11 is 1.73. The smallest absolute Gasteiger partial charge is 0.251 e. The molecule has 2 heterocycles. The standard InChI is InChI=1S/C25H26N4O2S/c1-17-22(24(31)26-2)23(29-15-6-16-32-25(29)27-17)19-10-12-20(13-11-19)28-21(30)14-9-18-7-4-3-5-8-18/h3-5,7-14,23H,6,15-16H2,1-2H3,(H,26,31)(H,28,30)/b14-9+. The van der Waals surface area contributed by atoms with Crippen molar-refractivity contribution in [3.8, 4) is 0 Å². The predicted octanol–water partition coefficient (Wildman–Crippen LogP) is 4.21. The number of benzene rings is 2. The minimum absolute atomic E-state index is 0.116. The fourth-order valence-electron chi connectivity index (χ4n) is 3.91. The second-order valence-electron chi connectivity index (χ2n) is 7.63. The van der Waals surface area contributed by atoms with Gasteiger partial charge >= 0.3 is 0 Å². The van der Waals surface area contributed by atoms with Crippen molar-refractivity contribution in [3.63, 3.8) is 0 Å². The van der Waals surface area contributed by atoms with Crippen LogP contribution in [-0.2, 0) is 9.59 Å². The van der Waals surface area contributed by atoms with Crippen molar-refractivity contribution in [3.05, 3.63) is 83.1 Å². The van der Waals surface area contributed by atoms with Crippen LogP contribution in [0.15, 0.2) is 76.9 Å². The Kier molecular flexibility index (Phi) is 6.75. The van der Waals surface area contributed by atoms with Crippen molar-refractivity contribution in [1.82, 2.24) is 10.2 Å². The van der Waals surface area contributed by atoms with Crippen LogP contribution >= 0.6 is 11.8 Å². The molecule has 4 rings (SSSR count). The number of anilines is 1. The van der Waals surface area contributed by atoms with E-state index in [1.165, 1.54) is 6.08 Å². The van der Waals surface area contributed by atoms with Crippen molar-refractivity contribution in [1.29, 1.82) is 0 Å². The summed E-state index contributed by atoms with van der Waals surface area (Å²) in [6.07, 6.45) is 4.35. The summed E-state index contributed by atoms with van der Waals surface area (Å²) in [5.41, 5.74) is 4.09. The maximum Gasteiger partial charge on any atom is 0.251 e. The summed E-state index contributed by atoms with van der Waals surface area (Å²) in [7, 11) is 1.64. The Bertz CT molecular complexity index is 1090. The number of aliphatic imine (C=N–C) groups is 1. The van der Waals surface area contributed by atoms with Crippen LogP contribution in [0.5, 0.6) is 0 Å². The van der Waals surface area contributed by atoms with Crippen molar-refractivity contribution in [2.75, 3.05) is 24.7 Å². The SMILES string of the molecule is CNC(=O)C1=C(C)N=C2SCCCN2C1c1ccc(NC(=O)/C=C/c2ccccc2)cc1. The first kappa shape index (κ1) is 21.9. The zero-order valence-corrected chi connectivity index (χ0v) is 19.0. The number of nitrogens with zero attached hydrogens (tertiary/aromatic N) is 2. The minimum atomic E-state index is -0.196. The minimum Gasteiger partial charge on any atom is -0.355 e. The van der Waals surface area contributed by atoms with Gasteiger partial charge in [0, 0.05) is 31.1 Å². The Hall–Kier alpha value is -3.32. The van der Waals surface area contributed by atoms with Crippen LogP contribution in [0.4, 0.5) is 5.69 Å². The molecule has 6 nitrogen and oxygen atoms in total. The van der Waals surface area contributed by atoms with E-state index < -0.39 is 0 Å². The van der Waals surface area contributed by atoms with Crippen molar-refractivity contribution >= 4 is 40.5 Å². The molecule has 2 aliphatic rings. The van der Waals surface area contributed by atoms with Crippen LogP contribution in [-0.4, -0.2) is 41.2 Å². The summed E-state index contributed by atoms with van der Waals surface area (Å²) in [5, 5.41) is 6.62. The van der Waals surface area contributed by atoms with Gasteiger partial charge in [-0.2, -0.15) is 0 Å². The van der Waals surface area contributed by atoms with Gasteiger partial charge in [0.1, 0.15) is 0 Å². The summed E-state index contributed by atoms with van der Waals surface area (Å²) in [5.74, 6) is 0.726. The Morgan fingerprint density at radius 3 is 2.59 bits per heavy atom. The molecule has 0 spiro atoms. The van der Waals surface area contributed by atoms with Crippen LogP contribution in [0.25, 0.3) is 6.08 Å². The maximum absolute atomic E-state index is 12.7. The summed E-state index contributed by atoms with van der Waals surface area (Å²) in [6, 6.07) is 17.2. The van der Waals surface area contributed by atoms with Gasteiger partial charge in [-0.3, -0.25) is 9.59 Å². The van der Waals surface area contributed by atoms with Crippen LogP contribution in [0.3, 0.4) is 0 Å². The van der Waals surface area contributed by atoms with Crippen LogP contribution < -0.4 is 10.6 Å². The maximum atomic E-state index is 12.7. The van der Waals surface area contributed by atoms with Gasteiger partial charge in [-0.25, -0.2) is 4.99 Å². The number of likely N-dealkylation sites (N-methyl/N-ethyl adjacent to an activating group) is 1. The second kappa shape index (κ2) is 9.87. The van der Waals surface area contributed by atoms with E-state index in [-0.39, 0.29) is 17.9 Å². The number of amidine groups is 1. The lowest BCUT2D eigenvalue weighted by atomic mass is 9.93. The van der Waals surface area contributed by atoms with E-state index in [4.69, 9.17) is 4.99 Å². The molecule has 2 aromatic rings. The highest BCUT2D eigenvalue weighted by atomic mass is 32.2. The van der Waals surface area contributed by atoms with Crippen LogP contribution in [0.1, 0.15) is 30.5 Å². The Morgan fingerprint density at radius 2 is 1.88 bits per heavy atom. The van der Waals surface area contributed by atoms with E-state index in [1.54, 1.807) is 24.9 Å². The number of hydrogen-bond acceptors (Lipinski definition) is 5. The highest BCUT2D eigenvalue weighted by Crippen LogP contribution is 2.39. The summed E-state index contributed by atoms with van der Waals surface area (Å²) in [4.78, 5) is 31.9. The fraction of sp³-hybridized carbons (Fsp3) is 0.240. The normalized spacial score (nSPS) is 18.2. The molecule has 1 atom stereocenters.